The molecule has 0 saturated carbocycles. The third-order valence-corrected chi connectivity index (χ3v) is 5.45. The van der Waals surface area contributed by atoms with Gasteiger partial charge in [-0.25, -0.2) is 0 Å². The van der Waals surface area contributed by atoms with E-state index in [4.69, 9.17) is 11.6 Å². The first-order valence-electron chi connectivity index (χ1n) is 9.17. The van der Waals surface area contributed by atoms with Gasteiger partial charge >= 0.3 is 0 Å². The minimum absolute atomic E-state index is 0.00990. The lowest BCUT2D eigenvalue weighted by molar-refractivity contribution is -0.133. The van der Waals surface area contributed by atoms with E-state index in [9.17, 15) is 9.59 Å². The number of halogens is 1. The number of hydrogen-bond donors (Lipinski definition) is 1. The molecule has 2 aliphatic rings. The van der Waals surface area contributed by atoms with Gasteiger partial charge in [0.25, 0.3) is 5.91 Å². The summed E-state index contributed by atoms with van der Waals surface area (Å²) >= 11 is 5.96. The lowest BCUT2D eigenvalue weighted by Gasteiger charge is -2.35. The molecule has 0 bridgehead atoms. The van der Waals surface area contributed by atoms with Gasteiger partial charge < -0.3 is 15.1 Å². The highest BCUT2D eigenvalue weighted by Crippen LogP contribution is 2.19. The van der Waals surface area contributed by atoms with Crippen molar-refractivity contribution < 1.29 is 9.59 Å². The monoisotopic (exact) mass is 363 g/mol. The lowest BCUT2D eigenvalue weighted by atomic mass is 9.93. The summed E-state index contributed by atoms with van der Waals surface area (Å²) in [6.07, 6.45) is 3.97. The number of rotatable bonds is 4. The second kappa shape index (κ2) is 8.68. The Morgan fingerprint density at radius 2 is 1.76 bits per heavy atom. The van der Waals surface area contributed by atoms with Crippen molar-refractivity contribution in [2.45, 2.75) is 25.7 Å². The van der Waals surface area contributed by atoms with E-state index in [1.165, 1.54) is 12.8 Å². The summed E-state index contributed by atoms with van der Waals surface area (Å²) in [6.45, 7) is 4.57. The van der Waals surface area contributed by atoms with Crippen LogP contribution in [0.1, 0.15) is 36.0 Å². The number of carbonyl (C=O) groups is 2. The highest BCUT2D eigenvalue weighted by molar-refractivity contribution is 6.30. The van der Waals surface area contributed by atoms with Crippen LogP contribution < -0.4 is 5.32 Å². The predicted octanol–water partition coefficient (Wildman–Crippen LogP) is 2.40. The summed E-state index contributed by atoms with van der Waals surface area (Å²) in [4.78, 5) is 28.7. The molecule has 3 rings (SSSR count). The van der Waals surface area contributed by atoms with E-state index < -0.39 is 0 Å². The van der Waals surface area contributed by atoms with Crippen LogP contribution in [0.5, 0.6) is 0 Å². The molecule has 2 fully saturated rings. The molecule has 2 aliphatic heterocycles. The summed E-state index contributed by atoms with van der Waals surface area (Å²) < 4.78 is 0. The fourth-order valence-electron chi connectivity index (χ4n) is 3.62. The van der Waals surface area contributed by atoms with Crippen molar-refractivity contribution in [3.63, 3.8) is 0 Å². The van der Waals surface area contributed by atoms with Crippen LogP contribution in [-0.2, 0) is 4.79 Å². The number of hydrogen-bond acceptors (Lipinski definition) is 3. The van der Waals surface area contributed by atoms with E-state index in [1.807, 2.05) is 9.80 Å². The van der Waals surface area contributed by atoms with Crippen molar-refractivity contribution in [2.24, 2.45) is 5.92 Å². The van der Waals surface area contributed by atoms with Gasteiger partial charge in [0.1, 0.15) is 0 Å². The van der Waals surface area contributed by atoms with Crippen LogP contribution in [0.2, 0.25) is 5.02 Å². The van der Waals surface area contributed by atoms with Gasteiger partial charge in [0.05, 0.1) is 0 Å². The molecule has 1 aromatic carbocycles. The maximum absolute atomic E-state index is 12.5. The van der Waals surface area contributed by atoms with Gasteiger partial charge in [-0.1, -0.05) is 17.7 Å². The van der Waals surface area contributed by atoms with Crippen molar-refractivity contribution in [1.82, 2.24) is 15.1 Å². The Hall–Kier alpha value is -1.59. The Morgan fingerprint density at radius 1 is 1.08 bits per heavy atom. The Kier molecular flexibility index (Phi) is 6.32. The van der Waals surface area contributed by atoms with Crippen molar-refractivity contribution in [3.8, 4) is 0 Å². The zero-order valence-electron chi connectivity index (χ0n) is 14.5. The zero-order chi connectivity index (χ0) is 17.6. The van der Waals surface area contributed by atoms with Crippen LogP contribution in [0.25, 0.3) is 0 Å². The smallest absolute Gasteiger partial charge is 0.254 e. The molecule has 6 heteroatoms. The van der Waals surface area contributed by atoms with Gasteiger partial charge in [-0.05, 0) is 56.5 Å². The Bertz CT molecular complexity index is 608. The molecule has 0 radical (unpaired) electrons. The Labute approximate surface area is 154 Å². The Morgan fingerprint density at radius 3 is 2.44 bits per heavy atom. The molecule has 5 nitrogen and oxygen atoms in total. The maximum Gasteiger partial charge on any atom is 0.254 e. The number of nitrogens with zero attached hydrogens (tertiary/aromatic N) is 2. The normalized spacial score (nSPS) is 19.1. The van der Waals surface area contributed by atoms with Gasteiger partial charge in [-0.3, -0.25) is 9.59 Å². The number of nitrogens with one attached hydrogen (secondary N) is 1. The topological polar surface area (TPSA) is 52.7 Å². The molecular formula is C19H26ClN3O2. The van der Waals surface area contributed by atoms with E-state index in [-0.39, 0.29) is 11.8 Å². The predicted molar refractivity (Wildman–Crippen MR) is 98.8 cm³/mol. The molecule has 0 spiro atoms. The molecule has 0 aliphatic carbocycles. The van der Waals surface area contributed by atoms with E-state index in [0.717, 1.165) is 19.5 Å². The molecule has 1 aromatic rings. The minimum atomic E-state index is -0.00990. The molecule has 25 heavy (non-hydrogen) atoms. The van der Waals surface area contributed by atoms with Gasteiger partial charge in [-0.2, -0.15) is 0 Å². The fraction of sp³-hybridized carbons (Fsp3) is 0.579. The average Bonchev–Trinajstić information content (AvgIpc) is 2.66. The first-order chi connectivity index (χ1) is 12.1. The summed E-state index contributed by atoms with van der Waals surface area (Å²) in [6, 6.07) is 7.03. The number of benzene rings is 1. The third-order valence-electron chi connectivity index (χ3n) is 5.22. The van der Waals surface area contributed by atoms with Crippen LogP contribution in [-0.4, -0.2) is 60.9 Å². The Balaban J connectivity index is 1.44. The maximum atomic E-state index is 12.5. The fourth-order valence-corrected chi connectivity index (χ4v) is 3.81. The molecule has 1 N–H and O–H groups in total. The summed E-state index contributed by atoms with van der Waals surface area (Å²) in [5, 5.41) is 3.92. The molecule has 0 atom stereocenters. The highest BCUT2D eigenvalue weighted by atomic mass is 35.5. The standard InChI is InChI=1S/C19H26ClN3O2/c20-17-3-1-2-16(14-17)19(25)23-12-10-22(11-13-23)18(24)5-4-15-6-8-21-9-7-15/h1-3,14-15,21H,4-13H2. The third kappa shape index (κ3) is 4.95. The number of amides is 2. The summed E-state index contributed by atoms with van der Waals surface area (Å²) in [5.41, 5.74) is 0.609. The van der Waals surface area contributed by atoms with Gasteiger partial charge in [0, 0.05) is 43.2 Å². The van der Waals surface area contributed by atoms with Crippen LogP contribution in [0, 0.1) is 5.92 Å². The first kappa shape index (κ1) is 18.2. The van der Waals surface area contributed by atoms with Crippen LogP contribution in [0.15, 0.2) is 24.3 Å². The molecular weight excluding hydrogens is 338 g/mol. The molecule has 0 unspecified atom stereocenters. The minimum Gasteiger partial charge on any atom is -0.339 e. The van der Waals surface area contributed by atoms with Crippen molar-refractivity contribution >= 4 is 23.4 Å². The summed E-state index contributed by atoms with van der Waals surface area (Å²) in [7, 11) is 0. The second-order valence-corrected chi connectivity index (χ2v) is 7.35. The average molecular weight is 364 g/mol. The lowest BCUT2D eigenvalue weighted by Crippen LogP contribution is -2.50. The van der Waals surface area contributed by atoms with Gasteiger partial charge in [-0.15, -0.1) is 0 Å². The van der Waals surface area contributed by atoms with E-state index in [0.29, 0.717) is 49.1 Å². The van der Waals surface area contributed by atoms with Crippen molar-refractivity contribution in [2.75, 3.05) is 39.3 Å². The first-order valence-corrected chi connectivity index (χ1v) is 9.54. The van der Waals surface area contributed by atoms with Crippen molar-refractivity contribution in [3.05, 3.63) is 34.9 Å². The molecule has 136 valence electrons. The number of carbonyl (C=O) groups excluding carboxylic acids is 2. The number of piperidine rings is 1. The quantitative estimate of drug-likeness (QED) is 0.893. The summed E-state index contributed by atoms with van der Waals surface area (Å²) in [5.74, 6) is 0.897. The van der Waals surface area contributed by atoms with Gasteiger partial charge in [0.15, 0.2) is 0 Å². The second-order valence-electron chi connectivity index (χ2n) is 6.92. The van der Waals surface area contributed by atoms with E-state index in [1.54, 1.807) is 24.3 Å². The molecule has 2 amide bonds. The number of piperazine rings is 1. The zero-order valence-corrected chi connectivity index (χ0v) is 15.3. The van der Waals surface area contributed by atoms with Gasteiger partial charge in [0.2, 0.25) is 5.91 Å². The molecule has 0 aromatic heterocycles. The van der Waals surface area contributed by atoms with Crippen LogP contribution in [0.4, 0.5) is 0 Å². The van der Waals surface area contributed by atoms with E-state index >= 15 is 0 Å². The molecule has 2 heterocycles. The van der Waals surface area contributed by atoms with Crippen LogP contribution >= 0.6 is 11.6 Å². The van der Waals surface area contributed by atoms with Crippen molar-refractivity contribution in [1.29, 1.82) is 0 Å². The SMILES string of the molecule is O=C(CCC1CCNCC1)N1CCN(C(=O)c2cccc(Cl)c2)CC1. The largest absolute Gasteiger partial charge is 0.339 e. The highest BCUT2D eigenvalue weighted by Gasteiger charge is 2.25. The molecule has 2 saturated heterocycles. The van der Waals surface area contributed by atoms with E-state index in [2.05, 4.69) is 5.32 Å². The van der Waals surface area contributed by atoms with Crippen LogP contribution in [0.3, 0.4) is 0 Å².